The molecule has 17 heavy (non-hydrogen) atoms. The van der Waals surface area contributed by atoms with Crippen LogP contribution in [0.4, 0.5) is 0 Å². The number of nitrogens with two attached hydrogens (primary N) is 1. The van der Waals surface area contributed by atoms with Crippen LogP contribution in [0.2, 0.25) is 0 Å². The van der Waals surface area contributed by atoms with E-state index in [-0.39, 0.29) is 0 Å². The molecule has 0 fully saturated rings. The molecule has 1 unspecified atom stereocenters. The molecule has 3 N–H and O–H groups in total. The van der Waals surface area contributed by atoms with Crippen molar-refractivity contribution in [3.63, 3.8) is 0 Å². The third-order valence-corrected chi connectivity index (χ3v) is 3.64. The third-order valence-electron chi connectivity index (χ3n) is 3.64. The molecule has 2 heteroatoms. The largest absolute Gasteiger partial charge is 0.330 e. The van der Waals surface area contributed by atoms with E-state index in [1.165, 1.54) is 24.8 Å². The van der Waals surface area contributed by atoms with E-state index in [2.05, 4.69) is 30.4 Å². The number of hydrogen-bond donors (Lipinski definition) is 2. The summed E-state index contributed by atoms with van der Waals surface area (Å²) < 4.78 is 0. The van der Waals surface area contributed by atoms with Gasteiger partial charge in [0.2, 0.25) is 0 Å². The zero-order valence-corrected chi connectivity index (χ0v) is 10.8. The second-order valence-electron chi connectivity index (χ2n) is 5.27. The van der Waals surface area contributed by atoms with Gasteiger partial charge in [-0.3, -0.25) is 0 Å². The highest BCUT2D eigenvalue weighted by Crippen LogP contribution is 2.22. The summed E-state index contributed by atoms with van der Waals surface area (Å²) in [6.07, 6.45) is 4.99. The first-order valence-corrected chi connectivity index (χ1v) is 6.81. The van der Waals surface area contributed by atoms with Gasteiger partial charge in [-0.2, -0.15) is 0 Å². The minimum Gasteiger partial charge on any atom is -0.330 e. The quantitative estimate of drug-likeness (QED) is 0.789. The van der Waals surface area contributed by atoms with Crippen LogP contribution in [0.5, 0.6) is 0 Å². The average Bonchev–Trinajstić information content (AvgIpc) is 2.76. The lowest BCUT2D eigenvalue weighted by atomic mass is 10.1. The highest BCUT2D eigenvalue weighted by Gasteiger charge is 2.10. The lowest BCUT2D eigenvalue weighted by molar-refractivity contribution is 0.486. The molecule has 1 aromatic carbocycles. The van der Waals surface area contributed by atoms with Gasteiger partial charge in [-0.15, -0.1) is 0 Å². The molecule has 0 saturated carbocycles. The molecule has 0 aromatic heterocycles. The fraction of sp³-hybridized carbons (Fsp3) is 0.600. The SMILES string of the molecule is CC(CCN)CNCc1ccc2c(c1)CCC2. The van der Waals surface area contributed by atoms with Crippen LogP contribution >= 0.6 is 0 Å². The molecule has 0 bridgehead atoms. The average molecular weight is 232 g/mol. The van der Waals surface area contributed by atoms with E-state index in [1.54, 1.807) is 11.1 Å². The van der Waals surface area contributed by atoms with Crippen LogP contribution in [0.25, 0.3) is 0 Å². The number of hydrogen-bond acceptors (Lipinski definition) is 2. The summed E-state index contributed by atoms with van der Waals surface area (Å²) in [5.74, 6) is 0.675. The maximum absolute atomic E-state index is 5.55. The van der Waals surface area contributed by atoms with Gasteiger partial charge in [0.1, 0.15) is 0 Å². The lowest BCUT2D eigenvalue weighted by Gasteiger charge is -2.12. The second-order valence-corrected chi connectivity index (χ2v) is 5.27. The minimum absolute atomic E-state index is 0.675. The molecule has 0 amide bonds. The van der Waals surface area contributed by atoms with E-state index in [9.17, 15) is 0 Å². The summed E-state index contributed by atoms with van der Waals surface area (Å²) in [7, 11) is 0. The maximum Gasteiger partial charge on any atom is 0.0205 e. The Kier molecular flexibility index (Phi) is 4.57. The predicted octanol–water partition coefficient (Wildman–Crippen LogP) is 2.25. The fourth-order valence-electron chi connectivity index (χ4n) is 2.58. The Balaban J connectivity index is 1.79. The number of fused-ring (bicyclic) bond motifs is 1. The van der Waals surface area contributed by atoms with Crippen molar-refractivity contribution in [2.45, 2.75) is 39.2 Å². The Morgan fingerprint density at radius 3 is 2.94 bits per heavy atom. The van der Waals surface area contributed by atoms with Crippen LogP contribution in [0.3, 0.4) is 0 Å². The van der Waals surface area contributed by atoms with Gasteiger partial charge in [-0.1, -0.05) is 25.1 Å². The van der Waals surface area contributed by atoms with Crippen LogP contribution in [0, 0.1) is 5.92 Å². The van der Waals surface area contributed by atoms with Gasteiger partial charge in [0.05, 0.1) is 0 Å². The predicted molar refractivity (Wildman–Crippen MR) is 73.0 cm³/mol. The van der Waals surface area contributed by atoms with Gasteiger partial charge >= 0.3 is 0 Å². The highest BCUT2D eigenvalue weighted by molar-refractivity contribution is 5.35. The molecule has 0 aliphatic heterocycles. The Morgan fingerprint density at radius 1 is 1.29 bits per heavy atom. The Hall–Kier alpha value is -0.860. The third kappa shape index (κ3) is 3.55. The molecule has 2 rings (SSSR count). The van der Waals surface area contributed by atoms with Crippen molar-refractivity contribution < 1.29 is 0 Å². The zero-order valence-electron chi connectivity index (χ0n) is 10.8. The molecule has 0 saturated heterocycles. The molecule has 1 aromatic rings. The van der Waals surface area contributed by atoms with E-state index in [0.717, 1.165) is 26.1 Å². The summed E-state index contributed by atoms with van der Waals surface area (Å²) in [5, 5.41) is 3.52. The van der Waals surface area contributed by atoms with Crippen molar-refractivity contribution in [1.82, 2.24) is 5.32 Å². The highest BCUT2D eigenvalue weighted by atomic mass is 14.9. The minimum atomic E-state index is 0.675. The van der Waals surface area contributed by atoms with Crippen LogP contribution in [-0.4, -0.2) is 13.1 Å². The van der Waals surface area contributed by atoms with Gasteiger partial charge in [0.15, 0.2) is 0 Å². The fourth-order valence-corrected chi connectivity index (χ4v) is 2.58. The van der Waals surface area contributed by atoms with Gasteiger partial charge < -0.3 is 11.1 Å². The van der Waals surface area contributed by atoms with Crippen molar-refractivity contribution in [1.29, 1.82) is 0 Å². The molecule has 0 heterocycles. The molecule has 1 atom stereocenters. The van der Waals surface area contributed by atoms with Gasteiger partial charge in [-0.25, -0.2) is 0 Å². The lowest BCUT2D eigenvalue weighted by Crippen LogP contribution is -2.22. The maximum atomic E-state index is 5.55. The molecule has 1 aliphatic carbocycles. The summed E-state index contributed by atoms with van der Waals surface area (Å²) in [6.45, 7) is 5.10. The van der Waals surface area contributed by atoms with Crippen molar-refractivity contribution >= 4 is 0 Å². The zero-order chi connectivity index (χ0) is 12.1. The van der Waals surface area contributed by atoms with E-state index < -0.39 is 0 Å². The monoisotopic (exact) mass is 232 g/mol. The number of aryl methyl sites for hydroxylation is 2. The first-order chi connectivity index (χ1) is 8.29. The molecular weight excluding hydrogens is 208 g/mol. The summed E-state index contributed by atoms with van der Waals surface area (Å²) in [6, 6.07) is 6.95. The Labute approximate surface area is 105 Å². The van der Waals surface area contributed by atoms with Crippen LogP contribution < -0.4 is 11.1 Å². The molecule has 1 aliphatic rings. The van der Waals surface area contributed by atoms with E-state index >= 15 is 0 Å². The van der Waals surface area contributed by atoms with E-state index in [1.807, 2.05) is 0 Å². The van der Waals surface area contributed by atoms with E-state index in [0.29, 0.717) is 5.92 Å². The van der Waals surface area contributed by atoms with Crippen molar-refractivity contribution in [2.75, 3.05) is 13.1 Å². The molecule has 0 radical (unpaired) electrons. The Morgan fingerprint density at radius 2 is 2.12 bits per heavy atom. The number of rotatable bonds is 6. The molecule has 0 spiro atoms. The van der Waals surface area contributed by atoms with Crippen molar-refractivity contribution in [2.24, 2.45) is 11.7 Å². The second kappa shape index (κ2) is 6.18. The summed E-state index contributed by atoms with van der Waals surface area (Å²) >= 11 is 0. The van der Waals surface area contributed by atoms with Crippen molar-refractivity contribution in [3.8, 4) is 0 Å². The van der Waals surface area contributed by atoms with Crippen LogP contribution in [-0.2, 0) is 19.4 Å². The first kappa shape index (κ1) is 12.6. The van der Waals surface area contributed by atoms with Gasteiger partial charge in [0, 0.05) is 6.54 Å². The standard InChI is InChI=1S/C15H24N2/c1-12(7-8-16)10-17-11-13-5-6-14-3-2-4-15(14)9-13/h5-6,9,12,17H,2-4,7-8,10-11,16H2,1H3. The van der Waals surface area contributed by atoms with E-state index in [4.69, 9.17) is 5.73 Å². The molecule has 94 valence electrons. The summed E-state index contributed by atoms with van der Waals surface area (Å²) in [4.78, 5) is 0. The molecule has 2 nitrogen and oxygen atoms in total. The first-order valence-electron chi connectivity index (χ1n) is 6.81. The number of nitrogens with one attached hydrogen (secondary N) is 1. The Bertz CT molecular complexity index is 360. The van der Waals surface area contributed by atoms with Crippen LogP contribution in [0.1, 0.15) is 36.5 Å². The topological polar surface area (TPSA) is 38.0 Å². The summed E-state index contributed by atoms with van der Waals surface area (Å²) in [5.41, 5.74) is 10.1. The van der Waals surface area contributed by atoms with Gasteiger partial charge in [-0.05, 0) is 61.4 Å². The molecular formula is C15H24N2. The van der Waals surface area contributed by atoms with Crippen LogP contribution in [0.15, 0.2) is 18.2 Å². The van der Waals surface area contributed by atoms with Gasteiger partial charge in [0.25, 0.3) is 0 Å². The number of benzene rings is 1. The van der Waals surface area contributed by atoms with Crippen molar-refractivity contribution in [3.05, 3.63) is 34.9 Å². The smallest absolute Gasteiger partial charge is 0.0205 e. The normalized spacial score (nSPS) is 15.9.